The van der Waals surface area contributed by atoms with Crippen LogP contribution in [-0.4, -0.2) is 30.3 Å². The minimum Gasteiger partial charge on any atom is -0.497 e. The van der Waals surface area contributed by atoms with Gasteiger partial charge in [0.2, 0.25) is 0 Å². The molecule has 1 heterocycles. The third kappa shape index (κ3) is 2.54. The molecule has 5 heteroatoms. The average molecular weight is 288 g/mol. The standard InChI is InChI=1S/C16H20N2O3/c1-3-7-16(15(19)20)8-4-9-18(16)14-10-13(21-2)6-5-12(14)11-17/h5-6,10H,3-4,7-9H2,1-2H3,(H,19,20). The summed E-state index contributed by atoms with van der Waals surface area (Å²) >= 11 is 0. The fourth-order valence-electron chi connectivity index (χ4n) is 3.19. The van der Waals surface area contributed by atoms with Crippen molar-refractivity contribution in [2.24, 2.45) is 0 Å². The van der Waals surface area contributed by atoms with Gasteiger partial charge in [0.1, 0.15) is 17.4 Å². The van der Waals surface area contributed by atoms with Crippen LogP contribution in [0.1, 0.15) is 38.2 Å². The normalized spacial score (nSPS) is 21.1. The van der Waals surface area contributed by atoms with Crippen LogP contribution in [0.25, 0.3) is 0 Å². The van der Waals surface area contributed by atoms with Crippen LogP contribution in [0.3, 0.4) is 0 Å². The first-order valence-corrected chi connectivity index (χ1v) is 7.18. The van der Waals surface area contributed by atoms with E-state index in [9.17, 15) is 15.2 Å². The molecule has 0 saturated carbocycles. The first kappa shape index (κ1) is 15.2. The lowest BCUT2D eigenvalue weighted by molar-refractivity contribution is -0.143. The molecule has 0 spiro atoms. The molecule has 112 valence electrons. The molecular weight excluding hydrogens is 268 g/mol. The summed E-state index contributed by atoms with van der Waals surface area (Å²) in [7, 11) is 1.56. The number of hydrogen-bond acceptors (Lipinski definition) is 4. The monoisotopic (exact) mass is 288 g/mol. The molecule has 1 aliphatic heterocycles. The zero-order chi connectivity index (χ0) is 15.5. The van der Waals surface area contributed by atoms with Gasteiger partial charge in [-0.15, -0.1) is 0 Å². The number of carboxylic acids is 1. The molecule has 1 aromatic carbocycles. The molecule has 1 atom stereocenters. The van der Waals surface area contributed by atoms with Crippen molar-refractivity contribution in [3.8, 4) is 11.8 Å². The van der Waals surface area contributed by atoms with E-state index in [1.165, 1.54) is 0 Å². The van der Waals surface area contributed by atoms with Gasteiger partial charge in [-0.25, -0.2) is 4.79 Å². The van der Waals surface area contributed by atoms with Crippen molar-refractivity contribution >= 4 is 11.7 Å². The maximum Gasteiger partial charge on any atom is 0.329 e. The van der Waals surface area contributed by atoms with E-state index >= 15 is 0 Å². The summed E-state index contributed by atoms with van der Waals surface area (Å²) in [6.07, 6.45) is 2.78. The van der Waals surface area contributed by atoms with Gasteiger partial charge in [0.05, 0.1) is 18.4 Å². The van der Waals surface area contributed by atoms with Crippen LogP contribution in [-0.2, 0) is 4.79 Å². The fraction of sp³-hybridized carbons (Fsp3) is 0.500. The second-order valence-electron chi connectivity index (χ2n) is 5.34. The topological polar surface area (TPSA) is 73.6 Å². The van der Waals surface area contributed by atoms with Crippen molar-refractivity contribution in [1.29, 1.82) is 5.26 Å². The summed E-state index contributed by atoms with van der Waals surface area (Å²) in [5.41, 5.74) is 0.233. The minimum absolute atomic E-state index is 0.486. The zero-order valence-electron chi connectivity index (χ0n) is 12.4. The Hall–Kier alpha value is -2.22. The van der Waals surface area contributed by atoms with Crippen molar-refractivity contribution in [1.82, 2.24) is 0 Å². The molecule has 0 bridgehead atoms. The Kier molecular flexibility index (Phi) is 4.37. The van der Waals surface area contributed by atoms with Crippen molar-refractivity contribution in [3.05, 3.63) is 23.8 Å². The molecule has 1 aromatic rings. The molecular formula is C16H20N2O3. The van der Waals surface area contributed by atoms with Crippen LogP contribution in [0.2, 0.25) is 0 Å². The Morgan fingerprint density at radius 3 is 2.90 bits per heavy atom. The van der Waals surface area contributed by atoms with Gasteiger partial charge in [-0.3, -0.25) is 0 Å². The molecule has 1 unspecified atom stereocenters. The highest BCUT2D eigenvalue weighted by Crippen LogP contribution is 2.40. The molecule has 1 N–H and O–H groups in total. The third-order valence-corrected chi connectivity index (χ3v) is 4.17. The number of rotatable bonds is 5. The second kappa shape index (κ2) is 6.04. The Morgan fingerprint density at radius 2 is 2.33 bits per heavy atom. The van der Waals surface area contributed by atoms with E-state index in [4.69, 9.17) is 4.74 Å². The highest BCUT2D eigenvalue weighted by Gasteiger charge is 2.47. The van der Waals surface area contributed by atoms with Crippen molar-refractivity contribution in [3.63, 3.8) is 0 Å². The molecule has 0 aliphatic carbocycles. The van der Waals surface area contributed by atoms with E-state index in [-0.39, 0.29) is 0 Å². The van der Waals surface area contributed by atoms with E-state index < -0.39 is 11.5 Å². The summed E-state index contributed by atoms with van der Waals surface area (Å²) in [5, 5.41) is 19.1. The van der Waals surface area contributed by atoms with Gasteiger partial charge in [0, 0.05) is 12.6 Å². The van der Waals surface area contributed by atoms with Gasteiger partial charge >= 0.3 is 5.97 Å². The Bertz CT molecular complexity index is 579. The predicted octanol–water partition coefficient (Wildman–Crippen LogP) is 2.79. The number of nitriles is 1. The van der Waals surface area contributed by atoms with Crippen LogP contribution in [0.15, 0.2) is 18.2 Å². The number of hydrogen-bond donors (Lipinski definition) is 1. The molecule has 2 rings (SSSR count). The quantitative estimate of drug-likeness (QED) is 0.901. The highest BCUT2D eigenvalue weighted by atomic mass is 16.5. The summed E-state index contributed by atoms with van der Waals surface area (Å²) in [6, 6.07) is 7.32. The number of methoxy groups -OCH3 is 1. The average Bonchev–Trinajstić information content (AvgIpc) is 2.92. The number of carboxylic acid groups (broad SMARTS) is 1. The zero-order valence-corrected chi connectivity index (χ0v) is 12.4. The summed E-state index contributed by atoms with van der Waals surface area (Å²) in [6.45, 7) is 2.63. The van der Waals surface area contributed by atoms with E-state index in [1.807, 2.05) is 11.8 Å². The number of benzene rings is 1. The van der Waals surface area contributed by atoms with Gasteiger partial charge in [-0.1, -0.05) is 13.3 Å². The SMILES string of the molecule is CCCC1(C(=O)O)CCCN1c1cc(OC)ccc1C#N. The number of nitrogens with zero attached hydrogens (tertiary/aromatic N) is 2. The Morgan fingerprint density at radius 1 is 1.57 bits per heavy atom. The summed E-state index contributed by atoms with van der Waals surface area (Å²) in [5.74, 6) is -0.180. The van der Waals surface area contributed by atoms with E-state index in [0.717, 1.165) is 12.8 Å². The first-order valence-electron chi connectivity index (χ1n) is 7.18. The van der Waals surface area contributed by atoms with Crippen LogP contribution in [0.4, 0.5) is 5.69 Å². The van der Waals surface area contributed by atoms with Gasteiger partial charge in [-0.2, -0.15) is 5.26 Å². The van der Waals surface area contributed by atoms with Crippen LogP contribution >= 0.6 is 0 Å². The number of aliphatic carboxylic acids is 1. The first-order chi connectivity index (χ1) is 10.1. The van der Waals surface area contributed by atoms with Crippen molar-refractivity contribution in [2.75, 3.05) is 18.6 Å². The minimum atomic E-state index is -0.910. The van der Waals surface area contributed by atoms with Gasteiger partial charge in [0.15, 0.2) is 0 Å². The van der Waals surface area contributed by atoms with E-state index in [1.54, 1.807) is 25.3 Å². The lowest BCUT2D eigenvalue weighted by Gasteiger charge is -2.37. The number of anilines is 1. The predicted molar refractivity (Wildman–Crippen MR) is 79.6 cm³/mol. The smallest absolute Gasteiger partial charge is 0.329 e. The van der Waals surface area contributed by atoms with Crippen molar-refractivity contribution in [2.45, 2.75) is 38.1 Å². The van der Waals surface area contributed by atoms with Gasteiger partial charge < -0.3 is 14.7 Å². The summed E-state index contributed by atoms with van der Waals surface area (Å²) < 4.78 is 5.22. The molecule has 1 saturated heterocycles. The van der Waals surface area contributed by atoms with Crippen LogP contribution in [0, 0.1) is 11.3 Å². The molecule has 0 aromatic heterocycles. The highest BCUT2D eigenvalue weighted by molar-refractivity contribution is 5.85. The molecule has 1 fully saturated rings. The van der Waals surface area contributed by atoms with Gasteiger partial charge in [-0.05, 0) is 31.4 Å². The second-order valence-corrected chi connectivity index (χ2v) is 5.34. The fourth-order valence-corrected chi connectivity index (χ4v) is 3.19. The van der Waals surface area contributed by atoms with E-state index in [2.05, 4.69) is 6.07 Å². The van der Waals surface area contributed by atoms with Crippen molar-refractivity contribution < 1.29 is 14.6 Å². The lowest BCUT2D eigenvalue weighted by Crippen LogP contribution is -2.51. The van der Waals surface area contributed by atoms with Crippen LogP contribution in [0.5, 0.6) is 5.75 Å². The van der Waals surface area contributed by atoms with Gasteiger partial charge in [0.25, 0.3) is 0 Å². The van der Waals surface area contributed by atoms with E-state index in [0.29, 0.717) is 36.4 Å². The molecule has 1 aliphatic rings. The maximum atomic E-state index is 11.9. The number of ether oxygens (including phenoxy) is 1. The molecule has 0 radical (unpaired) electrons. The lowest BCUT2D eigenvalue weighted by atomic mass is 9.90. The van der Waals surface area contributed by atoms with Crippen LogP contribution < -0.4 is 9.64 Å². The molecule has 5 nitrogen and oxygen atoms in total. The Balaban J connectivity index is 2.53. The third-order valence-electron chi connectivity index (χ3n) is 4.17. The summed E-state index contributed by atoms with van der Waals surface area (Å²) in [4.78, 5) is 13.8. The maximum absolute atomic E-state index is 11.9. The Labute approximate surface area is 124 Å². The molecule has 21 heavy (non-hydrogen) atoms. The number of carbonyl (C=O) groups is 1. The molecule has 0 amide bonds. The largest absolute Gasteiger partial charge is 0.497 e.